The Morgan fingerprint density at radius 2 is 2.05 bits per heavy atom. The Morgan fingerprint density at radius 1 is 1.30 bits per heavy atom. The maximum absolute atomic E-state index is 5.58. The number of ether oxygens (including phenoxy) is 1. The van der Waals surface area contributed by atoms with E-state index in [4.69, 9.17) is 4.74 Å². The van der Waals surface area contributed by atoms with Crippen molar-refractivity contribution in [2.75, 3.05) is 0 Å². The minimum Gasteiger partial charge on any atom is -0.421 e. The van der Waals surface area contributed by atoms with Crippen molar-refractivity contribution < 1.29 is 4.74 Å². The normalized spacial score (nSPS) is 14.8. The SMILES string of the molecule is CC(C)n1cc(Oc2ncc(CNC3CC3)cn2)cn1. The molecule has 0 atom stereocenters. The van der Waals surface area contributed by atoms with Gasteiger partial charge in [0.05, 0.1) is 12.4 Å². The zero-order valence-electron chi connectivity index (χ0n) is 11.8. The highest BCUT2D eigenvalue weighted by atomic mass is 16.5. The topological polar surface area (TPSA) is 64.9 Å². The van der Waals surface area contributed by atoms with Gasteiger partial charge >= 0.3 is 6.01 Å². The standard InChI is InChI=1S/C14H19N5O/c1-10(2)19-9-13(8-18-19)20-14-16-6-11(7-17-14)5-15-12-3-4-12/h6-10,12,15H,3-5H2,1-2H3. The lowest BCUT2D eigenvalue weighted by Crippen LogP contribution is -2.15. The van der Waals surface area contributed by atoms with Gasteiger partial charge in [-0.3, -0.25) is 4.68 Å². The molecule has 0 aromatic carbocycles. The van der Waals surface area contributed by atoms with Crippen molar-refractivity contribution in [3.05, 3.63) is 30.4 Å². The van der Waals surface area contributed by atoms with Gasteiger partial charge in [0.1, 0.15) is 0 Å². The maximum Gasteiger partial charge on any atom is 0.321 e. The van der Waals surface area contributed by atoms with Crippen LogP contribution in [0.2, 0.25) is 0 Å². The molecule has 1 aliphatic rings. The molecule has 0 amide bonds. The van der Waals surface area contributed by atoms with Crippen LogP contribution < -0.4 is 10.1 Å². The number of hydrogen-bond donors (Lipinski definition) is 1. The molecule has 2 aromatic rings. The Balaban J connectivity index is 1.58. The summed E-state index contributed by atoms with van der Waals surface area (Å²) in [6, 6.07) is 1.35. The first-order valence-electron chi connectivity index (χ1n) is 6.97. The molecule has 6 nitrogen and oxygen atoms in total. The molecular formula is C14H19N5O. The Morgan fingerprint density at radius 3 is 2.65 bits per heavy atom. The minimum atomic E-state index is 0.309. The van der Waals surface area contributed by atoms with Crippen molar-refractivity contribution in [1.82, 2.24) is 25.1 Å². The predicted molar refractivity (Wildman–Crippen MR) is 74.6 cm³/mol. The van der Waals surface area contributed by atoms with Gasteiger partial charge in [0, 0.05) is 36.6 Å². The third-order valence-electron chi connectivity index (χ3n) is 3.17. The van der Waals surface area contributed by atoms with Gasteiger partial charge in [-0.2, -0.15) is 5.10 Å². The van der Waals surface area contributed by atoms with Crippen LogP contribution in [0.4, 0.5) is 0 Å². The third kappa shape index (κ3) is 3.33. The molecule has 2 heterocycles. The van der Waals surface area contributed by atoms with E-state index in [0.717, 1.165) is 12.1 Å². The zero-order valence-corrected chi connectivity index (χ0v) is 11.8. The maximum atomic E-state index is 5.58. The van der Waals surface area contributed by atoms with Crippen molar-refractivity contribution in [2.45, 2.75) is 45.3 Å². The van der Waals surface area contributed by atoms with Gasteiger partial charge in [-0.15, -0.1) is 0 Å². The highest BCUT2D eigenvalue weighted by Gasteiger charge is 2.20. The van der Waals surface area contributed by atoms with Crippen LogP contribution in [0.15, 0.2) is 24.8 Å². The highest BCUT2D eigenvalue weighted by molar-refractivity contribution is 5.18. The van der Waals surface area contributed by atoms with Crippen LogP contribution in [0, 0.1) is 0 Å². The molecule has 1 fully saturated rings. The van der Waals surface area contributed by atoms with Gasteiger partial charge in [0.15, 0.2) is 5.75 Å². The Hall–Kier alpha value is -1.95. The lowest BCUT2D eigenvalue weighted by atomic mass is 10.3. The number of hydrogen-bond acceptors (Lipinski definition) is 5. The molecule has 1 N–H and O–H groups in total. The molecule has 6 heteroatoms. The van der Waals surface area contributed by atoms with E-state index in [0.29, 0.717) is 23.8 Å². The monoisotopic (exact) mass is 273 g/mol. The summed E-state index contributed by atoms with van der Waals surface area (Å²) in [4.78, 5) is 8.43. The Bertz CT molecular complexity index is 559. The first-order valence-corrected chi connectivity index (χ1v) is 6.97. The summed E-state index contributed by atoms with van der Waals surface area (Å²) in [6.07, 6.45) is 9.67. The molecule has 1 aliphatic carbocycles. The molecule has 0 unspecified atom stereocenters. The van der Waals surface area contributed by atoms with Crippen LogP contribution in [0.25, 0.3) is 0 Å². The summed E-state index contributed by atoms with van der Waals surface area (Å²) in [5.74, 6) is 0.655. The average molecular weight is 273 g/mol. The molecule has 0 bridgehead atoms. The zero-order chi connectivity index (χ0) is 13.9. The number of nitrogens with zero attached hydrogens (tertiary/aromatic N) is 4. The van der Waals surface area contributed by atoms with E-state index in [1.807, 2.05) is 10.9 Å². The first-order chi connectivity index (χ1) is 9.70. The van der Waals surface area contributed by atoms with E-state index in [1.54, 1.807) is 18.6 Å². The predicted octanol–water partition coefficient (Wildman–Crippen LogP) is 2.30. The molecule has 20 heavy (non-hydrogen) atoms. The molecule has 0 aliphatic heterocycles. The van der Waals surface area contributed by atoms with Gasteiger partial charge in [-0.05, 0) is 26.7 Å². The fraction of sp³-hybridized carbons (Fsp3) is 0.500. The number of aromatic nitrogens is 4. The fourth-order valence-corrected chi connectivity index (χ4v) is 1.80. The minimum absolute atomic E-state index is 0.309. The van der Waals surface area contributed by atoms with Crippen LogP contribution in [0.3, 0.4) is 0 Å². The lowest BCUT2D eigenvalue weighted by Gasteiger charge is -2.04. The smallest absolute Gasteiger partial charge is 0.321 e. The molecule has 3 rings (SSSR count). The Kier molecular flexibility index (Phi) is 3.64. The lowest BCUT2D eigenvalue weighted by molar-refractivity contribution is 0.438. The second-order valence-electron chi connectivity index (χ2n) is 5.38. The van der Waals surface area contributed by atoms with Gasteiger partial charge in [-0.1, -0.05) is 0 Å². The Labute approximate surface area is 118 Å². The molecule has 1 saturated carbocycles. The highest BCUT2D eigenvalue weighted by Crippen LogP contribution is 2.20. The second-order valence-corrected chi connectivity index (χ2v) is 5.38. The van der Waals surface area contributed by atoms with Crippen LogP contribution >= 0.6 is 0 Å². The summed E-state index contributed by atoms with van der Waals surface area (Å²) in [5, 5.41) is 7.63. The quantitative estimate of drug-likeness (QED) is 0.875. The number of rotatable bonds is 6. The van der Waals surface area contributed by atoms with E-state index in [2.05, 4.69) is 34.2 Å². The summed E-state index contributed by atoms with van der Waals surface area (Å²) in [7, 11) is 0. The van der Waals surface area contributed by atoms with Gasteiger partial charge < -0.3 is 10.1 Å². The van der Waals surface area contributed by atoms with E-state index >= 15 is 0 Å². The van der Waals surface area contributed by atoms with E-state index in [1.165, 1.54) is 12.8 Å². The van der Waals surface area contributed by atoms with Crippen molar-refractivity contribution in [2.24, 2.45) is 0 Å². The molecule has 0 spiro atoms. The molecular weight excluding hydrogens is 254 g/mol. The fourth-order valence-electron chi connectivity index (χ4n) is 1.80. The van der Waals surface area contributed by atoms with Gasteiger partial charge in [0.25, 0.3) is 0 Å². The largest absolute Gasteiger partial charge is 0.421 e. The summed E-state index contributed by atoms with van der Waals surface area (Å²) in [6.45, 7) is 4.94. The van der Waals surface area contributed by atoms with Crippen molar-refractivity contribution in [1.29, 1.82) is 0 Å². The summed E-state index contributed by atoms with van der Waals surface area (Å²) < 4.78 is 7.41. The molecule has 106 valence electrons. The molecule has 0 saturated heterocycles. The van der Waals surface area contributed by atoms with Crippen molar-refractivity contribution in [3.8, 4) is 11.8 Å². The van der Waals surface area contributed by atoms with Gasteiger partial charge in [0.2, 0.25) is 0 Å². The number of nitrogens with one attached hydrogen (secondary N) is 1. The molecule has 0 radical (unpaired) electrons. The van der Waals surface area contributed by atoms with Crippen molar-refractivity contribution in [3.63, 3.8) is 0 Å². The van der Waals surface area contributed by atoms with Crippen LogP contribution in [0.1, 0.15) is 38.3 Å². The average Bonchev–Trinajstić information content (AvgIpc) is 3.15. The van der Waals surface area contributed by atoms with Crippen LogP contribution in [0.5, 0.6) is 11.8 Å². The van der Waals surface area contributed by atoms with Crippen LogP contribution in [-0.4, -0.2) is 25.8 Å². The second kappa shape index (κ2) is 5.58. The molecule has 2 aromatic heterocycles. The summed E-state index contributed by atoms with van der Waals surface area (Å²) >= 11 is 0. The van der Waals surface area contributed by atoms with Crippen molar-refractivity contribution >= 4 is 0 Å². The van der Waals surface area contributed by atoms with E-state index in [-0.39, 0.29) is 0 Å². The van der Waals surface area contributed by atoms with Crippen LogP contribution in [-0.2, 0) is 6.54 Å². The van der Waals surface area contributed by atoms with Gasteiger partial charge in [-0.25, -0.2) is 9.97 Å². The third-order valence-corrected chi connectivity index (χ3v) is 3.17. The first kappa shape index (κ1) is 13.1. The van der Waals surface area contributed by atoms with E-state index < -0.39 is 0 Å². The van der Waals surface area contributed by atoms with E-state index in [9.17, 15) is 0 Å². The summed E-state index contributed by atoms with van der Waals surface area (Å²) in [5.41, 5.74) is 1.07.